The molecule has 2 aliphatic carbocycles. The largest absolute Gasteiger partial charge is 0.0837 e. The molecule has 7 aromatic rings. The third-order valence-corrected chi connectivity index (χ3v) is 9.71. The molecule has 0 atom stereocenters. The Balaban J connectivity index is 1.47. The fourth-order valence-corrected chi connectivity index (χ4v) is 8.04. The smallest absolute Gasteiger partial charge is 0.0725 e. The molecule has 0 aromatic heterocycles. The van der Waals surface area contributed by atoms with E-state index >= 15 is 0 Å². The second kappa shape index (κ2) is 8.79. The Labute approximate surface area is 250 Å². The lowest BCUT2D eigenvalue weighted by molar-refractivity contribution is 0.794. The number of rotatable bonds is 2. The Bertz CT molecular complexity index is 2170. The van der Waals surface area contributed by atoms with Crippen molar-refractivity contribution in [1.82, 2.24) is 0 Å². The third kappa shape index (κ3) is 2.97. The molecule has 0 saturated heterocycles. The van der Waals surface area contributed by atoms with Gasteiger partial charge < -0.3 is 0 Å². The monoisotopic (exact) mass is 552 g/mol. The standard InChI is InChI=1S/C41H25Cl/c42-38-23-10-7-18-32(38)28-14-3-4-15-29(28)33-19-11-22-36-40(33)39-27-13-2-1-12-26(27)24-25-37(39)41(36)34-20-8-5-16-30(34)31-17-6-9-21-35(31)41/h1-25H. The lowest BCUT2D eigenvalue weighted by atomic mass is 9.70. The topological polar surface area (TPSA) is 0 Å². The number of benzene rings is 7. The van der Waals surface area contributed by atoms with Crippen LogP contribution in [0.3, 0.4) is 0 Å². The highest BCUT2D eigenvalue weighted by molar-refractivity contribution is 6.33. The molecule has 0 aliphatic heterocycles. The Morgan fingerprint density at radius 2 is 0.833 bits per heavy atom. The average molecular weight is 553 g/mol. The van der Waals surface area contributed by atoms with Crippen LogP contribution in [-0.2, 0) is 5.41 Å². The zero-order valence-corrected chi connectivity index (χ0v) is 23.6. The van der Waals surface area contributed by atoms with E-state index in [4.69, 9.17) is 11.6 Å². The van der Waals surface area contributed by atoms with Crippen molar-refractivity contribution in [3.63, 3.8) is 0 Å². The van der Waals surface area contributed by atoms with Gasteiger partial charge in [0.2, 0.25) is 0 Å². The van der Waals surface area contributed by atoms with Crippen molar-refractivity contribution < 1.29 is 0 Å². The second-order valence-corrected chi connectivity index (χ2v) is 11.7. The molecular weight excluding hydrogens is 528 g/mol. The molecule has 1 spiro atoms. The van der Waals surface area contributed by atoms with Gasteiger partial charge in [0.25, 0.3) is 0 Å². The van der Waals surface area contributed by atoms with Gasteiger partial charge in [-0.1, -0.05) is 157 Å². The van der Waals surface area contributed by atoms with E-state index in [1.807, 2.05) is 12.1 Å². The quantitative estimate of drug-likeness (QED) is 0.200. The molecule has 42 heavy (non-hydrogen) atoms. The molecule has 0 saturated carbocycles. The first-order valence-electron chi connectivity index (χ1n) is 14.5. The van der Waals surface area contributed by atoms with Crippen LogP contribution in [0.4, 0.5) is 0 Å². The van der Waals surface area contributed by atoms with Crippen LogP contribution in [0.1, 0.15) is 22.3 Å². The summed E-state index contributed by atoms with van der Waals surface area (Å²) >= 11 is 6.81. The lowest BCUT2D eigenvalue weighted by Gasteiger charge is -2.30. The highest BCUT2D eigenvalue weighted by Crippen LogP contribution is 2.65. The molecule has 0 nitrogen and oxygen atoms in total. The van der Waals surface area contributed by atoms with E-state index in [1.54, 1.807) is 0 Å². The third-order valence-electron chi connectivity index (χ3n) is 9.39. The van der Waals surface area contributed by atoms with Crippen LogP contribution in [0.25, 0.3) is 55.3 Å². The minimum atomic E-state index is -0.392. The Morgan fingerprint density at radius 1 is 0.333 bits per heavy atom. The molecule has 0 unspecified atom stereocenters. The van der Waals surface area contributed by atoms with Gasteiger partial charge in [-0.15, -0.1) is 0 Å². The maximum atomic E-state index is 6.81. The van der Waals surface area contributed by atoms with E-state index in [2.05, 4.69) is 140 Å². The zero-order valence-electron chi connectivity index (χ0n) is 22.8. The average Bonchev–Trinajstić information content (AvgIpc) is 3.53. The fourth-order valence-electron chi connectivity index (χ4n) is 7.80. The molecule has 2 aliphatic rings. The normalized spacial score (nSPS) is 13.5. The Hall–Kier alpha value is -4.91. The van der Waals surface area contributed by atoms with Crippen LogP contribution in [0.5, 0.6) is 0 Å². The maximum absolute atomic E-state index is 6.81. The van der Waals surface area contributed by atoms with Crippen molar-refractivity contribution in [3.05, 3.63) is 179 Å². The Kier molecular flexibility index (Phi) is 4.97. The minimum Gasteiger partial charge on any atom is -0.0837 e. The summed E-state index contributed by atoms with van der Waals surface area (Å²) in [5.74, 6) is 0. The molecule has 196 valence electrons. The van der Waals surface area contributed by atoms with Crippen LogP contribution < -0.4 is 0 Å². The summed E-state index contributed by atoms with van der Waals surface area (Å²) in [4.78, 5) is 0. The highest BCUT2D eigenvalue weighted by atomic mass is 35.5. The van der Waals surface area contributed by atoms with E-state index in [-0.39, 0.29) is 0 Å². The van der Waals surface area contributed by atoms with Crippen LogP contribution >= 0.6 is 11.6 Å². The van der Waals surface area contributed by atoms with Gasteiger partial charge in [-0.05, 0) is 78.0 Å². The molecule has 9 rings (SSSR count). The summed E-state index contributed by atoms with van der Waals surface area (Å²) in [5, 5.41) is 3.31. The fraction of sp³-hybridized carbons (Fsp3) is 0.0244. The first kappa shape index (κ1) is 23.8. The summed E-state index contributed by atoms with van der Waals surface area (Å²) in [5.41, 5.74) is 14.9. The first-order chi connectivity index (χ1) is 20.8. The van der Waals surface area contributed by atoms with Crippen molar-refractivity contribution in [1.29, 1.82) is 0 Å². The van der Waals surface area contributed by atoms with Crippen molar-refractivity contribution >= 4 is 22.4 Å². The molecule has 0 N–H and O–H groups in total. The van der Waals surface area contributed by atoms with E-state index in [1.165, 1.54) is 66.4 Å². The van der Waals surface area contributed by atoms with Gasteiger partial charge in [0.1, 0.15) is 0 Å². The summed E-state index contributed by atoms with van der Waals surface area (Å²) in [6, 6.07) is 55.3. The lowest BCUT2D eigenvalue weighted by Crippen LogP contribution is -2.25. The summed E-state index contributed by atoms with van der Waals surface area (Å²) in [6.07, 6.45) is 0. The van der Waals surface area contributed by atoms with Gasteiger partial charge in [0.05, 0.1) is 5.41 Å². The van der Waals surface area contributed by atoms with Gasteiger partial charge in [-0.25, -0.2) is 0 Å². The molecular formula is C41H25Cl. The molecule has 0 radical (unpaired) electrons. The molecule has 0 fully saturated rings. The van der Waals surface area contributed by atoms with Gasteiger partial charge >= 0.3 is 0 Å². The van der Waals surface area contributed by atoms with Crippen LogP contribution in [0, 0.1) is 0 Å². The van der Waals surface area contributed by atoms with Gasteiger partial charge in [-0.2, -0.15) is 0 Å². The predicted octanol–water partition coefficient (Wildman–Crippen LogP) is 11.2. The van der Waals surface area contributed by atoms with Crippen molar-refractivity contribution in [2.24, 2.45) is 0 Å². The minimum absolute atomic E-state index is 0.392. The summed E-state index contributed by atoms with van der Waals surface area (Å²) < 4.78 is 0. The predicted molar refractivity (Wildman–Crippen MR) is 176 cm³/mol. The summed E-state index contributed by atoms with van der Waals surface area (Å²) in [7, 11) is 0. The number of halogens is 1. The van der Waals surface area contributed by atoms with Gasteiger partial charge in [0, 0.05) is 10.6 Å². The number of hydrogen-bond donors (Lipinski definition) is 0. The molecule has 1 heteroatoms. The van der Waals surface area contributed by atoms with Crippen LogP contribution in [0.15, 0.2) is 152 Å². The van der Waals surface area contributed by atoms with E-state index in [9.17, 15) is 0 Å². The molecule has 0 heterocycles. The zero-order chi connectivity index (χ0) is 27.8. The molecule has 0 bridgehead atoms. The van der Waals surface area contributed by atoms with Crippen molar-refractivity contribution in [2.45, 2.75) is 5.41 Å². The molecule has 0 amide bonds. The van der Waals surface area contributed by atoms with Crippen LogP contribution in [0.2, 0.25) is 5.02 Å². The van der Waals surface area contributed by atoms with E-state index in [0.717, 1.165) is 16.1 Å². The van der Waals surface area contributed by atoms with E-state index in [0.29, 0.717) is 0 Å². The number of fused-ring (bicyclic) bond motifs is 12. The molecule has 7 aromatic carbocycles. The summed E-state index contributed by atoms with van der Waals surface area (Å²) in [6.45, 7) is 0. The van der Waals surface area contributed by atoms with Crippen molar-refractivity contribution in [2.75, 3.05) is 0 Å². The van der Waals surface area contributed by atoms with E-state index < -0.39 is 5.41 Å². The van der Waals surface area contributed by atoms with Gasteiger partial charge in [0.15, 0.2) is 0 Å². The first-order valence-corrected chi connectivity index (χ1v) is 14.9. The Morgan fingerprint density at radius 3 is 1.55 bits per heavy atom. The van der Waals surface area contributed by atoms with Crippen LogP contribution in [-0.4, -0.2) is 0 Å². The highest BCUT2D eigenvalue weighted by Gasteiger charge is 2.52. The SMILES string of the molecule is Clc1ccccc1-c1ccccc1-c1cccc2c1-c1c(ccc3ccccc13)C21c2ccccc2-c2ccccc21. The maximum Gasteiger partial charge on any atom is 0.0725 e. The second-order valence-electron chi connectivity index (χ2n) is 11.3. The van der Waals surface area contributed by atoms with Gasteiger partial charge in [-0.3, -0.25) is 0 Å². The number of hydrogen-bond acceptors (Lipinski definition) is 0. The van der Waals surface area contributed by atoms with Crippen molar-refractivity contribution in [3.8, 4) is 44.5 Å².